The first-order valence-electron chi connectivity index (χ1n) is 7.43. The van der Waals surface area contributed by atoms with E-state index in [1.807, 2.05) is 43.3 Å². The third-order valence-corrected chi connectivity index (χ3v) is 5.30. The predicted molar refractivity (Wildman–Crippen MR) is 90.2 cm³/mol. The average Bonchev–Trinajstić information content (AvgIpc) is 2.65. The van der Waals surface area contributed by atoms with Gasteiger partial charge in [0.15, 0.2) is 0 Å². The smallest absolute Gasteiger partial charge is 0.254 e. The molecule has 3 rings (SSSR count). The standard InChI is InChI=1S/C18H19NO2S/c1-3-12-6-9-14-15(10-12)22-17(16(20)18(21)19-14)13-7-4-11(2)5-8-13/h4-10,16-17,20H,3H2,1-2H3,(H,19,21)/t16-,17+/m0/s1. The Hall–Kier alpha value is -1.78. The van der Waals surface area contributed by atoms with Crippen LogP contribution in [0.2, 0.25) is 0 Å². The highest BCUT2D eigenvalue weighted by Crippen LogP contribution is 2.44. The zero-order chi connectivity index (χ0) is 15.7. The third-order valence-electron chi connectivity index (χ3n) is 3.93. The van der Waals surface area contributed by atoms with E-state index < -0.39 is 6.10 Å². The summed E-state index contributed by atoms with van der Waals surface area (Å²) in [6.45, 7) is 4.13. The van der Waals surface area contributed by atoms with E-state index in [9.17, 15) is 9.90 Å². The van der Waals surface area contributed by atoms with Gasteiger partial charge < -0.3 is 10.4 Å². The highest BCUT2D eigenvalue weighted by Gasteiger charge is 2.32. The SMILES string of the molecule is CCc1ccc2c(c1)S[C@H](c1ccc(C)cc1)[C@H](O)C(=O)N2. The molecule has 2 aromatic rings. The van der Waals surface area contributed by atoms with E-state index in [1.165, 1.54) is 5.56 Å². The molecule has 2 aromatic carbocycles. The van der Waals surface area contributed by atoms with Crippen LogP contribution in [0.25, 0.3) is 0 Å². The Labute approximate surface area is 134 Å². The van der Waals surface area contributed by atoms with Gasteiger partial charge in [-0.25, -0.2) is 0 Å². The molecule has 0 unspecified atom stereocenters. The number of carbonyl (C=O) groups is 1. The van der Waals surface area contributed by atoms with Crippen LogP contribution in [-0.4, -0.2) is 17.1 Å². The summed E-state index contributed by atoms with van der Waals surface area (Å²) in [6, 6.07) is 14.0. The largest absolute Gasteiger partial charge is 0.382 e. The van der Waals surface area contributed by atoms with Gasteiger partial charge in [-0.15, -0.1) is 11.8 Å². The summed E-state index contributed by atoms with van der Waals surface area (Å²) in [7, 11) is 0. The van der Waals surface area contributed by atoms with Gasteiger partial charge in [0.2, 0.25) is 0 Å². The lowest BCUT2D eigenvalue weighted by molar-refractivity contribution is -0.124. The number of hydrogen-bond donors (Lipinski definition) is 2. The molecule has 2 N–H and O–H groups in total. The van der Waals surface area contributed by atoms with Crippen LogP contribution in [0, 0.1) is 6.92 Å². The quantitative estimate of drug-likeness (QED) is 0.888. The fourth-order valence-electron chi connectivity index (χ4n) is 2.54. The van der Waals surface area contributed by atoms with Gasteiger partial charge in [0.1, 0.15) is 6.10 Å². The number of aliphatic hydroxyl groups excluding tert-OH is 1. The first-order valence-corrected chi connectivity index (χ1v) is 8.31. The zero-order valence-corrected chi connectivity index (χ0v) is 13.5. The summed E-state index contributed by atoms with van der Waals surface area (Å²) < 4.78 is 0. The highest BCUT2D eigenvalue weighted by atomic mass is 32.2. The lowest BCUT2D eigenvalue weighted by Crippen LogP contribution is -2.30. The van der Waals surface area contributed by atoms with Crippen molar-refractivity contribution in [1.82, 2.24) is 0 Å². The topological polar surface area (TPSA) is 49.3 Å². The molecule has 0 bridgehead atoms. The van der Waals surface area contributed by atoms with E-state index in [2.05, 4.69) is 18.3 Å². The molecule has 114 valence electrons. The van der Waals surface area contributed by atoms with Crippen LogP contribution < -0.4 is 5.32 Å². The first-order chi connectivity index (χ1) is 10.6. The maximum Gasteiger partial charge on any atom is 0.254 e. The monoisotopic (exact) mass is 313 g/mol. The summed E-state index contributed by atoms with van der Waals surface area (Å²) in [5.41, 5.74) is 4.13. The minimum atomic E-state index is -1.06. The molecule has 0 saturated heterocycles. The molecule has 0 spiro atoms. The van der Waals surface area contributed by atoms with Crippen molar-refractivity contribution < 1.29 is 9.90 Å². The minimum Gasteiger partial charge on any atom is -0.382 e. The number of amides is 1. The molecular weight excluding hydrogens is 294 g/mol. The lowest BCUT2D eigenvalue weighted by Gasteiger charge is -2.19. The molecule has 0 aliphatic carbocycles. The van der Waals surface area contributed by atoms with Crippen molar-refractivity contribution in [2.24, 2.45) is 0 Å². The molecule has 1 aliphatic rings. The molecule has 0 aromatic heterocycles. The number of anilines is 1. The fraction of sp³-hybridized carbons (Fsp3) is 0.278. The maximum atomic E-state index is 12.2. The van der Waals surface area contributed by atoms with Gasteiger partial charge in [0.05, 0.1) is 10.9 Å². The van der Waals surface area contributed by atoms with Crippen LogP contribution in [0.4, 0.5) is 5.69 Å². The second kappa shape index (κ2) is 6.15. The van der Waals surface area contributed by atoms with Crippen LogP contribution >= 0.6 is 11.8 Å². The molecule has 1 aliphatic heterocycles. The van der Waals surface area contributed by atoms with E-state index in [1.54, 1.807) is 11.8 Å². The summed E-state index contributed by atoms with van der Waals surface area (Å²) in [6.07, 6.45) is -0.121. The number of thioether (sulfide) groups is 1. The van der Waals surface area contributed by atoms with E-state index in [-0.39, 0.29) is 11.2 Å². The Morgan fingerprint density at radius 1 is 1.18 bits per heavy atom. The van der Waals surface area contributed by atoms with Crippen LogP contribution in [0.5, 0.6) is 0 Å². The molecule has 1 heterocycles. The van der Waals surface area contributed by atoms with Crippen LogP contribution in [0.15, 0.2) is 47.4 Å². The highest BCUT2D eigenvalue weighted by molar-refractivity contribution is 7.99. The van der Waals surface area contributed by atoms with Crippen molar-refractivity contribution in [1.29, 1.82) is 0 Å². The summed E-state index contributed by atoms with van der Waals surface area (Å²) in [5.74, 6) is -0.346. The number of aliphatic hydroxyl groups is 1. The number of rotatable bonds is 2. The second-order valence-electron chi connectivity index (χ2n) is 5.57. The number of benzene rings is 2. The predicted octanol–water partition coefficient (Wildman–Crippen LogP) is 3.70. The molecule has 3 nitrogen and oxygen atoms in total. The third kappa shape index (κ3) is 2.89. The summed E-state index contributed by atoms with van der Waals surface area (Å²) in [4.78, 5) is 13.2. The van der Waals surface area contributed by atoms with Crippen LogP contribution in [-0.2, 0) is 11.2 Å². The van der Waals surface area contributed by atoms with Crippen molar-refractivity contribution in [3.05, 3.63) is 59.2 Å². The van der Waals surface area contributed by atoms with E-state index >= 15 is 0 Å². The Bertz CT molecular complexity index is 697. The van der Waals surface area contributed by atoms with Gasteiger partial charge in [0.25, 0.3) is 5.91 Å². The summed E-state index contributed by atoms with van der Waals surface area (Å²) in [5, 5.41) is 12.9. The Morgan fingerprint density at radius 2 is 1.91 bits per heavy atom. The molecular formula is C18H19NO2S. The number of hydrogen-bond acceptors (Lipinski definition) is 3. The van der Waals surface area contributed by atoms with E-state index in [0.29, 0.717) is 0 Å². The Balaban J connectivity index is 2.02. The van der Waals surface area contributed by atoms with E-state index in [0.717, 1.165) is 28.1 Å². The van der Waals surface area contributed by atoms with Gasteiger partial charge in [-0.2, -0.15) is 0 Å². The first kappa shape index (κ1) is 15.1. The van der Waals surface area contributed by atoms with Crippen LogP contribution in [0.1, 0.15) is 28.9 Å². The van der Waals surface area contributed by atoms with Gasteiger partial charge in [-0.3, -0.25) is 4.79 Å². The summed E-state index contributed by atoms with van der Waals surface area (Å²) >= 11 is 1.54. The molecule has 0 saturated carbocycles. The lowest BCUT2D eigenvalue weighted by atomic mass is 10.1. The number of aryl methyl sites for hydroxylation is 2. The Kier molecular flexibility index (Phi) is 4.23. The molecule has 0 radical (unpaired) electrons. The second-order valence-corrected chi connectivity index (χ2v) is 6.75. The van der Waals surface area contributed by atoms with Crippen molar-refractivity contribution >= 4 is 23.4 Å². The maximum absolute atomic E-state index is 12.2. The van der Waals surface area contributed by atoms with E-state index in [4.69, 9.17) is 0 Å². The number of carbonyl (C=O) groups excluding carboxylic acids is 1. The zero-order valence-electron chi connectivity index (χ0n) is 12.7. The van der Waals surface area contributed by atoms with Gasteiger partial charge >= 0.3 is 0 Å². The van der Waals surface area contributed by atoms with Crippen molar-refractivity contribution in [3.8, 4) is 0 Å². The number of fused-ring (bicyclic) bond motifs is 1. The fourth-order valence-corrected chi connectivity index (χ4v) is 3.82. The van der Waals surface area contributed by atoms with Crippen molar-refractivity contribution in [3.63, 3.8) is 0 Å². The van der Waals surface area contributed by atoms with Gasteiger partial charge in [-0.1, -0.05) is 42.8 Å². The molecule has 1 amide bonds. The van der Waals surface area contributed by atoms with Crippen molar-refractivity contribution in [2.45, 2.75) is 36.5 Å². The molecule has 22 heavy (non-hydrogen) atoms. The van der Waals surface area contributed by atoms with Crippen LogP contribution in [0.3, 0.4) is 0 Å². The van der Waals surface area contributed by atoms with Gasteiger partial charge in [0, 0.05) is 4.90 Å². The minimum absolute atomic E-state index is 0.297. The number of nitrogens with one attached hydrogen (secondary N) is 1. The van der Waals surface area contributed by atoms with Gasteiger partial charge in [-0.05, 0) is 36.6 Å². The molecule has 4 heteroatoms. The Morgan fingerprint density at radius 3 is 2.59 bits per heavy atom. The average molecular weight is 313 g/mol. The molecule has 0 fully saturated rings. The normalized spacial score (nSPS) is 21.0. The molecule has 2 atom stereocenters. The van der Waals surface area contributed by atoms with Crippen molar-refractivity contribution in [2.75, 3.05) is 5.32 Å².